The third-order valence-corrected chi connectivity index (χ3v) is 5.53. The molecule has 8 nitrogen and oxygen atoms in total. The van der Waals surface area contributed by atoms with E-state index in [0.29, 0.717) is 34.0 Å². The highest BCUT2D eigenvalue weighted by atomic mass is 16.5. The Bertz CT molecular complexity index is 1180. The summed E-state index contributed by atoms with van der Waals surface area (Å²) in [5.41, 5.74) is 0.595. The summed E-state index contributed by atoms with van der Waals surface area (Å²) in [4.78, 5) is 35.3. The molecule has 0 amide bonds. The number of carbonyl (C=O) groups excluding carboxylic acids is 2. The zero-order valence-corrected chi connectivity index (χ0v) is 18.2. The molecule has 0 N–H and O–H groups in total. The fourth-order valence-electron chi connectivity index (χ4n) is 4.11. The number of allylic oxidation sites excluding steroid dienone is 2. The Balaban J connectivity index is 2.22. The van der Waals surface area contributed by atoms with Crippen LogP contribution in [0, 0.1) is 0 Å². The molecule has 2 bridgehead atoms. The fourth-order valence-corrected chi connectivity index (χ4v) is 4.11. The van der Waals surface area contributed by atoms with E-state index in [0.717, 1.165) is 0 Å². The number of hydrogen-bond acceptors (Lipinski definition) is 8. The zero-order valence-electron chi connectivity index (χ0n) is 18.2. The third-order valence-electron chi connectivity index (χ3n) is 5.53. The molecule has 164 valence electrons. The first-order valence-electron chi connectivity index (χ1n) is 9.90. The van der Waals surface area contributed by atoms with E-state index in [1.165, 1.54) is 33.7 Å². The molecule has 2 aliphatic heterocycles. The van der Waals surface area contributed by atoms with Gasteiger partial charge in [0.05, 0.1) is 26.9 Å². The standard InChI is InChI=1S/C24H22N2O6/c1-14-12-16(22(27)30-3)19(23(28)31-4)24(15-8-6-5-7-9-15)21-20(25-10-11-26-21)18(32-24)13-17(14)29-2/h5-11,13H,12H2,1-4H3/b17-14+,18-13-,19-16+. The van der Waals surface area contributed by atoms with Gasteiger partial charge < -0.3 is 18.9 Å². The van der Waals surface area contributed by atoms with Crippen molar-refractivity contribution in [3.63, 3.8) is 0 Å². The van der Waals surface area contributed by atoms with Crippen LogP contribution >= 0.6 is 0 Å². The Labute approximate surface area is 185 Å². The number of nitrogens with zero attached hydrogens (tertiary/aromatic N) is 2. The molecule has 2 aliphatic rings. The highest BCUT2D eigenvalue weighted by Gasteiger charge is 2.55. The molecule has 1 unspecified atom stereocenters. The maximum atomic E-state index is 13.3. The van der Waals surface area contributed by atoms with Crippen LogP contribution < -0.4 is 0 Å². The summed E-state index contributed by atoms with van der Waals surface area (Å²) in [5.74, 6) is -0.575. The van der Waals surface area contributed by atoms with Crippen LogP contribution in [0.2, 0.25) is 0 Å². The number of esters is 2. The molecule has 0 aliphatic carbocycles. The molecule has 1 atom stereocenters. The maximum absolute atomic E-state index is 13.3. The summed E-state index contributed by atoms with van der Waals surface area (Å²) in [6, 6.07) is 9.07. The lowest BCUT2D eigenvalue weighted by atomic mass is 9.79. The van der Waals surface area contributed by atoms with E-state index in [1.807, 2.05) is 18.2 Å². The second-order valence-electron chi connectivity index (χ2n) is 7.27. The van der Waals surface area contributed by atoms with Gasteiger partial charge in [0.15, 0.2) is 5.76 Å². The zero-order chi connectivity index (χ0) is 22.9. The molecule has 0 saturated heterocycles. The fraction of sp³-hybridized carbons (Fsp3) is 0.250. The average molecular weight is 434 g/mol. The molecular formula is C24H22N2O6. The normalized spacial score (nSPS) is 25.8. The molecule has 1 aromatic heterocycles. The van der Waals surface area contributed by atoms with Crippen molar-refractivity contribution in [1.29, 1.82) is 0 Å². The van der Waals surface area contributed by atoms with Crippen LogP contribution in [0.3, 0.4) is 0 Å². The minimum absolute atomic E-state index is 0.0140. The van der Waals surface area contributed by atoms with Gasteiger partial charge in [-0.2, -0.15) is 0 Å². The van der Waals surface area contributed by atoms with E-state index in [9.17, 15) is 9.59 Å². The molecular weight excluding hydrogens is 412 g/mol. The van der Waals surface area contributed by atoms with Crippen molar-refractivity contribution >= 4 is 17.7 Å². The van der Waals surface area contributed by atoms with Crippen molar-refractivity contribution in [1.82, 2.24) is 9.97 Å². The number of fused-ring (bicyclic) bond motifs is 5. The molecule has 8 heteroatoms. The second-order valence-corrected chi connectivity index (χ2v) is 7.27. The average Bonchev–Trinajstić information content (AvgIpc) is 3.18. The summed E-state index contributed by atoms with van der Waals surface area (Å²) >= 11 is 0. The minimum Gasteiger partial charge on any atom is -0.497 e. The van der Waals surface area contributed by atoms with Crippen molar-refractivity contribution in [2.75, 3.05) is 21.3 Å². The first-order chi connectivity index (χ1) is 15.5. The first-order valence-corrected chi connectivity index (χ1v) is 9.90. The molecule has 2 aromatic rings. The number of methoxy groups -OCH3 is 3. The van der Waals surface area contributed by atoms with Gasteiger partial charge in [0.1, 0.15) is 22.7 Å². The second kappa shape index (κ2) is 8.30. The van der Waals surface area contributed by atoms with Crippen LogP contribution in [0.5, 0.6) is 0 Å². The molecule has 0 radical (unpaired) electrons. The summed E-state index contributed by atoms with van der Waals surface area (Å²) in [5, 5.41) is 0. The molecule has 0 spiro atoms. The smallest absolute Gasteiger partial charge is 0.339 e. The van der Waals surface area contributed by atoms with Crippen molar-refractivity contribution in [2.24, 2.45) is 0 Å². The SMILES string of the molecule is COC(=O)/C1=C(\C(=O)OC)C2(c3ccccc3)O/C(=C\C(OC)=C(\C)C1)c1nccnc12. The van der Waals surface area contributed by atoms with Crippen LogP contribution in [0.25, 0.3) is 5.76 Å². The van der Waals surface area contributed by atoms with Crippen LogP contribution in [0.15, 0.2) is 71.3 Å². The quantitative estimate of drug-likeness (QED) is 0.678. The van der Waals surface area contributed by atoms with E-state index in [2.05, 4.69) is 9.97 Å². The monoisotopic (exact) mass is 434 g/mol. The van der Waals surface area contributed by atoms with Gasteiger partial charge in [0.2, 0.25) is 5.60 Å². The van der Waals surface area contributed by atoms with Gasteiger partial charge in [-0.3, -0.25) is 4.98 Å². The van der Waals surface area contributed by atoms with E-state index in [1.54, 1.807) is 25.1 Å². The number of hydrogen-bond donors (Lipinski definition) is 0. The van der Waals surface area contributed by atoms with Crippen molar-refractivity contribution in [3.8, 4) is 0 Å². The largest absolute Gasteiger partial charge is 0.497 e. The number of benzene rings is 1. The summed E-state index contributed by atoms with van der Waals surface area (Å²) in [6.07, 6.45) is 4.83. The Kier molecular flexibility index (Phi) is 5.52. The van der Waals surface area contributed by atoms with Gasteiger partial charge in [0, 0.05) is 30.5 Å². The van der Waals surface area contributed by atoms with E-state index < -0.39 is 17.5 Å². The Morgan fingerprint density at radius 3 is 2.34 bits per heavy atom. The predicted molar refractivity (Wildman–Crippen MR) is 114 cm³/mol. The van der Waals surface area contributed by atoms with Gasteiger partial charge >= 0.3 is 11.9 Å². The molecule has 0 fully saturated rings. The van der Waals surface area contributed by atoms with Gasteiger partial charge in [-0.1, -0.05) is 30.3 Å². The summed E-state index contributed by atoms with van der Waals surface area (Å²) in [7, 11) is 4.03. The number of ether oxygens (including phenoxy) is 4. The topological polar surface area (TPSA) is 96.8 Å². The van der Waals surface area contributed by atoms with E-state index >= 15 is 0 Å². The van der Waals surface area contributed by atoms with Crippen LogP contribution in [-0.4, -0.2) is 43.2 Å². The minimum atomic E-state index is -1.57. The summed E-state index contributed by atoms with van der Waals surface area (Å²) < 4.78 is 22.3. The molecule has 32 heavy (non-hydrogen) atoms. The van der Waals surface area contributed by atoms with Crippen molar-refractivity contribution in [3.05, 3.63) is 88.2 Å². The Hall–Kier alpha value is -3.94. The van der Waals surface area contributed by atoms with Crippen LogP contribution in [0.1, 0.15) is 30.3 Å². The lowest BCUT2D eigenvalue weighted by Gasteiger charge is -2.32. The Morgan fingerprint density at radius 2 is 1.69 bits per heavy atom. The number of rotatable bonds is 4. The highest BCUT2D eigenvalue weighted by molar-refractivity contribution is 6.03. The van der Waals surface area contributed by atoms with E-state index in [4.69, 9.17) is 18.9 Å². The molecule has 0 saturated carbocycles. The van der Waals surface area contributed by atoms with E-state index in [-0.39, 0.29) is 17.6 Å². The predicted octanol–water partition coefficient (Wildman–Crippen LogP) is 3.06. The molecule has 4 rings (SSSR count). The summed E-state index contributed by atoms with van der Waals surface area (Å²) in [6.45, 7) is 1.81. The lowest BCUT2D eigenvalue weighted by molar-refractivity contribution is -0.141. The molecule has 1 aromatic carbocycles. The van der Waals surface area contributed by atoms with Gasteiger partial charge in [0.25, 0.3) is 0 Å². The highest BCUT2D eigenvalue weighted by Crippen LogP contribution is 2.52. The van der Waals surface area contributed by atoms with Crippen LogP contribution in [-0.2, 0) is 34.1 Å². The maximum Gasteiger partial charge on any atom is 0.339 e. The van der Waals surface area contributed by atoms with Gasteiger partial charge in [-0.15, -0.1) is 0 Å². The third kappa shape index (κ3) is 3.15. The van der Waals surface area contributed by atoms with Gasteiger partial charge in [-0.25, -0.2) is 14.6 Å². The van der Waals surface area contributed by atoms with Crippen molar-refractivity contribution in [2.45, 2.75) is 18.9 Å². The molecule has 3 heterocycles. The lowest BCUT2D eigenvalue weighted by Crippen LogP contribution is -2.37. The van der Waals surface area contributed by atoms with Crippen molar-refractivity contribution < 1.29 is 28.5 Å². The Morgan fingerprint density at radius 1 is 1.00 bits per heavy atom. The number of carbonyl (C=O) groups is 2. The number of aromatic nitrogens is 2. The van der Waals surface area contributed by atoms with Crippen LogP contribution in [0.4, 0.5) is 0 Å². The van der Waals surface area contributed by atoms with Gasteiger partial charge in [-0.05, 0) is 12.5 Å². The first kappa shape index (κ1) is 21.3.